The van der Waals surface area contributed by atoms with Gasteiger partial charge in [-0.05, 0) is 31.1 Å². The monoisotopic (exact) mass is 120 g/mol. The van der Waals surface area contributed by atoms with E-state index < -0.39 is 0 Å². The van der Waals surface area contributed by atoms with Crippen LogP contribution in [0.2, 0.25) is 0 Å². The Kier molecular flexibility index (Phi) is 1.01. The first-order valence-corrected chi connectivity index (χ1v) is 3.72. The molecule has 0 nitrogen and oxygen atoms in total. The van der Waals surface area contributed by atoms with Gasteiger partial charge in [0.1, 0.15) is 0 Å². The number of allylic oxidation sites excluding steroid dienone is 3. The van der Waals surface area contributed by atoms with Crippen molar-refractivity contribution in [2.45, 2.75) is 19.3 Å². The molecule has 0 radical (unpaired) electrons. The van der Waals surface area contributed by atoms with Crippen LogP contribution < -0.4 is 0 Å². The smallest absolute Gasteiger partial charge is 0.0199 e. The minimum Gasteiger partial charge on any atom is -0.0958 e. The maximum absolute atomic E-state index is 3.95. The molecule has 2 rings (SSSR count). The minimum absolute atomic E-state index is 0.926. The Bertz CT molecular complexity index is 165. The van der Waals surface area contributed by atoms with Crippen molar-refractivity contribution in [1.29, 1.82) is 0 Å². The van der Waals surface area contributed by atoms with Gasteiger partial charge in [0, 0.05) is 0 Å². The first kappa shape index (κ1) is 5.28. The highest BCUT2D eigenvalue weighted by atomic mass is 14.3. The van der Waals surface area contributed by atoms with E-state index in [9.17, 15) is 0 Å². The van der Waals surface area contributed by atoms with E-state index >= 15 is 0 Å². The van der Waals surface area contributed by atoms with Crippen LogP contribution in [0.3, 0.4) is 0 Å². The second kappa shape index (κ2) is 1.73. The highest BCUT2D eigenvalue weighted by Crippen LogP contribution is 2.42. The van der Waals surface area contributed by atoms with E-state index in [1.165, 1.54) is 24.8 Å². The first-order chi connectivity index (χ1) is 4.36. The van der Waals surface area contributed by atoms with E-state index in [-0.39, 0.29) is 0 Å². The Morgan fingerprint density at radius 1 is 1.44 bits per heavy atom. The standard InChI is InChI=1S/C9H12/c1-7-2-3-8-4-5-9(8)6-7/h2-3,8-9H,1,4-6H2. The summed E-state index contributed by atoms with van der Waals surface area (Å²) in [5.41, 5.74) is 1.33. The summed E-state index contributed by atoms with van der Waals surface area (Å²) in [7, 11) is 0. The summed E-state index contributed by atoms with van der Waals surface area (Å²) in [6.07, 6.45) is 8.66. The van der Waals surface area contributed by atoms with E-state index in [2.05, 4.69) is 18.7 Å². The fourth-order valence-corrected chi connectivity index (χ4v) is 1.77. The molecule has 1 saturated carbocycles. The van der Waals surface area contributed by atoms with Crippen molar-refractivity contribution in [2.24, 2.45) is 11.8 Å². The topological polar surface area (TPSA) is 0 Å². The van der Waals surface area contributed by atoms with Gasteiger partial charge in [0.15, 0.2) is 0 Å². The van der Waals surface area contributed by atoms with E-state index in [0.29, 0.717) is 0 Å². The summed E-state index contributed by atoms with van der Waals surface area (Å²) in [4.78, 5) is 0. The summed E-state index contributed by atoms with van der Waals surface area (Å²) < 4.78 is 0. The molecule has 48 valence electrons. The van der Waals surface area contributed by atoms with Crippen LogP contribution in [0.5, 0.6) is 0 Å². The molecule has 0 amide bonds. The molecule has 0 bridgehead atoms. The second-order valence-electron chi connectivity index (χ2n) is 3.22. The van der Waals surface area contributed by atoms with Gasteiger partial charge in [-0.15, -0.1) is 0 Å². The molecule has 2 aliphatic carbocycles. The first-order valence-electron chi connectivity index (χ1n) is 3.72. The van der Waals surface area contributed by atoms with Crippen LogP contribution in [0.15, 0.2) is 24.3 Å². The highest BCUT2D eigenvalue weighted by Gasteiger charge is 2.30. The lowest BCUT2D eigenvalue weighted by Crippen LogP contribution is -2.26. The molecule has 9 heavy (non-hydrogen) atoms. The predicted molar refractivity (Wildman–Crippen MR) is 39.1 cm³/mol. The number of fused-ring (bicyclic) bond motifs is 1. The molecule has 0 heterocycles. The lowest BCUT2D eigenvalue weighted by Gasteiger charge is -2.37. The van der Waals surface area contributed by atoms with Crippen molar-refractivity contribution in [3.05, 3.63) is 24.3 Å². The van der Waals surface area contributed by atoms with Gasteiger partial charge in [0.25, 0.3) is 0 Å². The zero-order chi connectivity index (χ0) is 6.27. The van der Waals surface area contributed by atoms with Crippen LogP contribution in [0.1, 0.15) is 19.3 Å². The molecule has 0 aromatic heterocycles. The van der Waals surface area contributed by atoms with Gasteiger partial charge in [-0.2, -0.15) is 0 Å². The summed E-state index contributed by atoms with van der Waals surface area (Å²) in [5, 5.41) is 0. The Hall–Kier alpha value is -0.520. The Balaban J connectivity index is 2.16. The van der Waals surface area contributed by atoms with Gasteiger partial charge in [-0.25, -0.2) is 0 Å². The van der Waals surface area contributed by atoms with Crippen molar-refractivity contribution in [3.63, 3.8) is 0 Å². The van der Waals surface area contributed by atoms with Gasteiger partial charge < -0.3 is 0 Å². The molecule has 0 saturated heterocycles. The predicted octanol–water partition coefficient (Wildman–Crippen LogP) is 2.53. The molecule has 0 N–H and O–H groups in total. The highest BCUT2D eigenvalue weighted by molar-refractivity contribution is 5.22. The molecular weight excluding hydrogens is 108 g/mol. The fourth-order valence-electron chi connectivity index (χ4n) is 1.77. The fraction of sp³-hybridized carbons (Fsp3) is 0.556. The average Bonchev–Trinajstić information content (AvgIpc) is 1.78. The minimum atomic E-state index is 0.926. The van der Waals surface area contributed by atoms with E-state index in [4.69, 9.17) is 0 Å². The third kappa shape index (κ3) is 0.735. The van der Waals surface area contributed by atoms with Crippen molar-refractivity contribution in [2.75, 3.05) is 0 Å². The molecule has 2 aliphatic rings. The van der Waals surface area contributed by atoms with Crippen LogP contribution in [0.4, 0.5) is 0 Å². The quantitative estimate of drug-likeness (QED) is 0.461. The Morgan fingerprint density at radius 3 is 2.78 bits per heavy atom. The van der Waals surface area contributed by atoms with Crippen LogP contribution in [-0.4, -0.2) is 0 Å². The van der Waals surface area contributed by atoms with Crippen LogP contribution in [0, 0.1) is 11.8 Å². The molecular formula is C9H12. The molecule has 0 aromatic rings. The van der Waals surface area contributed by atoms with Crippen LogP contribution in [0.25, 0.3) is 0 Å². The number of hydrogen-bond donors (Lipinski definition) is 0. The van der Waals surface area contributed by atoms with Gasteiger partial charge in [0.2, 0.25) is 0 Å². The maximum Gasteiger partial charge on any atom is -0.0199 e. The SMILES string of the molecule is C=C1C=CC2CCC2C1. The molecule has 0 spiro atoms. The molecule has 0 aliphatic heterocycles. The van der Waals surface area contributed by atoms with E-state index in [1.54, 1.807) is 0 Å². The summed E-state index contributed by atoms with van der Waals surface area (Å²) in [6.45, 7) is 3.95. The van der Waals surface area contributed by atoms with Crippen molar-refractivity contribution in [3.8, 4) is 0 Å². The van der Waals surface area contributed by atoms with Crippen molar-refractivity contribution < 1.29 is 0 Å². The van der Waals surface area contributed by atoms with Crippen LogP contribution in [-0.2, 0) is 0 Å². The lowest BCUT2D eigenvalue weighted by molar-refractivity contribution is 0.220. The van der Waals surface area contributed by atoms with Gasteiger partial charge >= 0.3 is 0 Å². The zero-order valence-corrected chi connectivity index (χ0v) is 5.64. The van der Waals surface area contributed by atoms with Crippen molar-refractivity contribution >= 4 is 0 Å². The molecule has 0 aromatic carbocycles. The molecule has 2 atom stereocenters. The van der Waals surface area contributed by atoms with E-state index in [0.717, 1.165) is 11.8 Å². The lowest BCUT2D eigenvalue weighted by atomic mass is 9.68. The molecule has 1 fully saturated rings. The molecule has 2 unspecified atom stereocenters. The Labute approximate surface area is 56.3 Å². The number of rotatable bonds is 0. The third-order valence-corrected chi connectivity index (χ3v) is 2.58. The summed E-state index contributed by atoms with van der Waals surface area (Å²) in [5.74, 6) is 1.90. The van der Waals surface area contributed by atoms with Crippen LogP contribution >= 0.6 is 0 Å². The maximum atomic E-state index is 3.95. The van der Waals surface area contributed by atoms with Crippen molar-refractivity contribution in [1.82, 2.24) is 0 Å². The Morgan fingerprint density at radius 2 is 2.33 bits per heavy atom. The summed E-state index contributed by atoms with van der Waals surface area (Å²) in [6, 6.07) is 0. The second-order valence-corrected chi connectivity index (χ2v) is 3.22. The number of hydrogen-bond acceptors (Lipinski definition) is 0. The largest absolute Gasteiger partial charge is 0.0958 e. The summed E-state index contributed by atoms with van der Waals surface area (Å²) >= 11 is 0. The average molecular weight is 120 g/mol. The normalized spacial score (nSPS) is 39.8. The van der Waals surface area contributed by atoms with Gasteiger partial charge in [0.05, 0.1) is 0 Å². The van der Waals surface area contributed by atoms with Gasteiger partial charge in [-0.1, -0.05) is 24.3 Å². The van der Waals surface area contributed by atoms with E-state index in [1.807, 2.05) is 0 Å². The zero-order valence-electron chi connectivity index (χ0n) is 5.64. The third-order valence-electron chi connectivity index (χ3n) is 2.58. The molecule has 0 heteroatoms. The van der Waals surface area contributed by atoms with Gasteiger partial charge in [-0.3, -0.25) is 0 Å².